The van der Waals surface area contributed by atoms with Crippen molar-refractivity contribution >= 4 is 29.0 Å². The smallest absolute Gasteiger partial charge is 0.296 e. The van der Waals surface area contributed by atoms with Crippen molar-refractivity contribution in [3.05, 3.63) is 82.1 Å². The summed E-state index contributed by atoms with van der Waals surface area (Å²) in [4.78, 5) is 25.1. The van der Waals surface area contributed by atoms with E-state index >= 15 is 0 Å². The van der Waals surface area contributed by atoms with Crippen LogP contribution in [0.2, 0.25) is 5.02 Å². The third-order valence-electron chi connectivity index (χ3n) is 4.36. The maximum absolute atomic E-state index is 12.7. The van der Waals surface area contributed by atoms with Crippen LogP contribution in [0.3, 0.4) is 0 Å². The van der Waals surface area contributed by atoms with E-state index in [1.54, 1.807) is 24.3 Å². The SMILES string of the molecule is Cc1ccccc1NC(=O)C(=O)c1cc(C)n(-c2ccc(Cl)cc2)c1C. The van der Waals surface area contributed by atoms with Crippen LogP contribution in [0.4, 0.5) is 5.69 Å². The molecule has 0 bridgehead atoms. The van der Waals surface area contributed by atoms with Gasteiger partial charge in [-0.2, -0.15) is 0 Å². The number of aryl methyl sites for hydroxylation is 2. The lowest BCUT2D eigenvalue weighted by Crippen LogP contribution is -2.23. The van der Waals surface area contributed by atoms with E-state index in [9.17, 15) is 9.59 Å². The van der Waals surface area contributed by atoms with Gasteiger partial charge in [0.1, 0.15) is 0 Å². The number of anilines is 1. The average molecular weight is 367 g/mol. The van der Waals surface area contributed by atoms with Gasteiger partial charge in [-0.25, -0.2) is 0 Å². The Kier molecular flexibility index (Phi) is 4.96. The molecule has 1 aromatic heterocycles. The lowest BCUT2D eigenvalue weighted by Gasteiger charge is -2.10. The number of hydrogen-bond acceptors (Lipinski definition) is 2. The molecule has 0 atom stereocenters. The van der Waals surface area contributed by atoms with Gasteiger partial charge >= 0.3 is 0 Å². The molecule has 0 aliphatic heterocycles. The molecule has 5 heteroatoms. The van der Waals surface area contributed by atoms with E-state index in [1.807, 2.05) is 55.7 Å². The molecule has 0 aliphatic rings. The van der Waals surface area contributed by atoms with Crippen molar-refractivity contribution in [1.29, 1.82) is 0 Å². The second-order valence-electron chi connectivity index (χ2n) is 6.19. The van der Waals surface area contributed by atoms with Crippen LogP contribution in [-0.4, -0.2) is 16.3 Å². The Morgan fingerprint density at radius 1 is 0.962 bits per heavy atom. The summed E-state index contributed by atoms with van der Waals surface area (Å²) in [5.41, 5.74) is 4.41. The molecule has 0 aliphatic carbocycles. The molecule has 1 heterocycles. The highest BCUT2D eigenvalue weighted by Crippen LogP contribution is 2.23. The van der Waals surface area contributed by atoms with Crippen LogP contribution < -0.4 is 5.32 Å². The van der Waals surface area contributed by atoms with Gasteiger partial charge in [-0.1, -0.05) is 29.8 Å². The summed E-state index contributed by atoms with van der Waals surface area (Å²) in [6, 6.07) is 16.4. The molecule has 4 nitrogen and oxygen atoms in total. The molecule has 1 N–H and O–H groups in total. The first-order chi connectivity index (χ1) is 12.4. The Hall–Kier alpha value is -2.85. The lowest BCUT2D eigenvalue weighted by atomic mass is 10.1. The van der Waals surface area contributed by atoms with Gasteiger partial charge in [-0.15, -0.1) is 0 Å². The standard InChI is InChI=1S/C21H19ClN2O2/c1-13-6-4-5-7-19(13)23-21(26)20(25)18-12-14(2)24(15(18)3)17-10-8-16(22)9-11-17/h4-12H,1-3H3,(H,23,26). The van der Waals surface area contributed by atoms with Crippen LogP contribution in [0, 0.1) is 20.8 Å². The first-order valence-corrected chi connectivity index (χ1v) is 8.62. The zero-order chi connectivity index (χ0) is 18.8. The number of benzene rings is 2. The van der Waals surface area contributed by atoms with Crippen LogP contribution in [-0.2, 0) is 4.79 Å². The summed E-state index contributed by atoms with van der Waals surface area (Å²) in [5, 5.41) is 3.34. The summed E-state index contributed by atoms with van der Waals surface area (Å²) < 4.78 is 1.94. The van der Waals surface area contributed by atoms with Gasteiger partial charge in [0.15, 0.2) is 0 Å². The highest BCUT2D eigenvalue weighted by Gasteiger charge is 2.23. The Labute approximate surface area is 157 Å². The van der Waals surface area contributed by atoms with E-state index in [0.29, 0.717) is 16.3 Å². The number of carbonyl (C=O) groups is 2. The third-order valence-corrected chi connectivity index (χ3v) is 4.61. The van der Waals surface area contributed by atoms with Crippen molar-refractivity contribution in [3.63, 3.8) is 0 Å². The van der Waals surface area contributed by atoms with E-state index in [0.717, 1.165) is 22.6 Å². The monoisotopic (exact) mass is 366 g/mol. The van der Waals surface area contributed by atoms with Gasteiger partial charge < -0.3 is 9.88 Å². The minimum absolute atomic E-state index is 0.392. The zero-order valence-electron chi connectivity index (χ0n) is 14.8. The second kappa shape index (κ2) is 7.18. The summed E-state index contributed by atoms with van der Waals surface area (Å²) in [6.07, 6.45) is 0. The zero-order valence-corrected chi connectivity index (χ0v) is 15.6. The number of para-hydroxylation sites is 1. The maximum atomic E-state index is 12.7. The number of carbonyl (C=O) groups excluding carboxylic acids is 2. The van der Waals surface area contributed by atoms with Gasteiger partial charge in [-0.05, 0) is 62.7 Å². The Bertz CT molecular complexity index is 988. The molecule has 2 aromatic carbocycles. The lowest BCUT2D eigenvalue weighted by molar-refractivity contribution is -0.112. The fraction of sp³-hybridized carbons (Fsp3) is 0.143. The number of halogens is 1. The third kappa shape index (κ3) is 3.41. The number of nitrogens with zero attached hydrogens (tertiary/aromatic N) is 1. The van der Waals surface area contributed by atoms with Crippen LogP contribution in [0.15, 0.2) is 54.6 Å². The maximum Gasteiger partial charge on any atom is 0.296 e. The van der Waals surface area contributed by atoms with Crippen LogP contribution in [0.25, 0.3) is 5.69 Å². The molecular formula is C21H19ClN2O2. The van der Waals surface area contributed by atoms with Crippen molar-refractivity contribution in [1.82, 2.24) is 4.57 Å². The molecule has 0 saturated heterocycles. The van der Waals surface area contributed by atoms with Crippen molar-refractivity contribution in [2.45, 2.75) is 20.8 Å². The highest BCUT2D eigenvalue weighted by molar-refractivity contribution is 6.46. The average Bonchev–Trinajstić information content (AvgIpc) is 2.91. The number of hydrogen-bond donors (Lipinski definition) is 1. The molecular weight excluding hydrogens is 348 g/mol. The molecule has 3 aromatic rings. The first-order valence-electron chi connectivity index (χ1n) is 8.24. The normalized spacial score (nSPS) is 10.6. The topological polar surface area (TPSA) is 51.1 Å². The minimum Gasteiger partial charge on any atom is -0.319 e. The number of ketones is 1. The molecule has 3 rings (SSSR count). The second-order valence-corrected chi connectivity index (χ2v) is 6.63. The van der Waals surface area contributed by atoms with E-state index < -0.39 is 11.7 Å². The van der Waals surface area contributed by atoms with E-state index in [-0.39, 0.29) is 0 Å². The largest absolute Gasteiger partial charge is 0.319 e. The van der Waals surface area contributed by atoms with Gasteiger partial charge in [0.2, 0.25) is 0 Å². The van der Waals surface area contributed by atoms with E-state index in [1.165, 1.54) is 0 Å². The van der Waals surface area contributed by atoms with Crippen LogP contribution in [0.1, 0.15) is 27.3 Å². The molecule has 0 radical (unpaired) electrons. The van der Waals surface area contributed by atoms with Crippen molar-refractivity contribution < 1.29 is 9.59 Å². The van der Waals surface area contributed by atoms with Gasteiger partial charge in [0.25, 0.3) is 11.7 Å². The predicted octanol–water partition coefficient (Wildman–Crippen LogP) is 4.88. The molecule has 26 heavy (non-hydrogen) atoms. The molecule has 1 amide bonds. The van der Waals surface area contributed by atoms with Crippen molar-refractivity contribution in [2.24, 2.45) is 0 Å². The number of nitrogens with one attached hydrogen (secondary N) is 1. The predicted molar refractivity (Wildman–Crippen MR) is 104 cm³/mol. The Morgan fingerprint density at radius 2 is 1.62 bits per heavy atom. The fourth-order valence-corrected chi connectivity index (χ4v) is 3.12. The number of amides is 1. The van der Waals surface area contributed by atoms with Gasteiger partial charge in [0, 0.05) is 33.3 Å². The van der Waals surface area contributed by atoms with Gasteiger partial charge in [0.05, 0.1) is 0 Å². The molecule has 0 saturated carbocycles. The van der Waals surface area contributed by atoms with Crippen LogP contribution >= 0.6 is 11.6 Å². The van der Waals surface area contributed by atoms with E-state index in [2.05, 4.69) is 5.32 Å². The number of Topliss-reactive ketones (excluding diaryl/α,β-unsaturated/α-hetero) is 1. The Balaban J connectivity index is 1.91. The van der Waals surface area contributed by atoms with Gasteiger partial charge in [-0.3, -0.25) is 9.59 Å². The quantitative estimate of drug-likeness (QED) is 0.528. The van der Waals surface area contributed by atoms with E-state index in [4.69, 9.17) is 11.6 Å². The highest BCUT2D eigenvalue weighted by atomic mass is 35.5. The van der Waals surface area contributed by atoms with Crippen molar-refractivity contribution in [3.8, 4) is 5.69 Å². The molecule has 132 valence electrons. The molecule has 0 spiro atoms. The van der Waals surface area contributed by atoms with Crippen molar-refractivity contribution in [2.75, 3.05) is 5.32 Å². The Morgan fingerprint density at radius 3 is 2.27 bits per heavy atom. The first kappa shape index (κ1) is 18.0. The number of rotatable bonds is 4. The van der Waals surface area contributed by atoms with Crippen LogP contribution in [0.5, 0.6) is 0 Å². The summed E-state index contributed by atoms with van der Waals surface area (Å²) in [7, 11) is 0. The summed E-state index contributed by atoms with van der Waals surface area (Å²) in [5.74, 6) is -1.20. The summed E-state index contributed by atoms with van der Waals surface area (Å²) in [6.45, 7) is 5.61. The minimum atomic E-state index is -0.643. The number of aromatic nitrogens is 1. The molecule has 0 unspecified atom stereocenters. The summed E-state index contributed by atoms with van der Waals surface area (Å²) >= 11 is 5.95. The molecule has 0 fully saturated rings. The fourth-order valence-electron chi connectivity index (χ4n) is 2.99.